The van der Waals surface area contributed by atoms with Crippen molar-refractivity contribution in [3.8, 4) is 17.0 Å². The highest BCUT2D eigenvalue weighted by Crippen LogP contribution is 2.30. The van der Waals surface area contributed by atoms with Crippen LogP contribution in [0.15, 0.2) is 61.1 Å². The third-order valence-corrected chi connectivity index (χ3v) is 7.62. The van der Waals surface area contributed by atoms with Crippen LogP contribution in [0.4, 0.5) is 20.3 Å². The Morgan fingerprint density at radius 3 is 2.65 bits per heavy atom. The molecule has 0 saturated carbocycles. The fourth-order valence-corrected chi connectivity index (χ4v) is 5.46. The minimum atomic E-state index is -2.87. The molecule has 1 amide bonds. The first-order valence-electron chi connectivity index (χ1n) is 13.3. The van der Waals surface area contributed by atoms with Crippen LogP contribution in [0.2, 0.25) is 0 Å². The smallest absolute Gasteiger partial charge is 0.387 e. The van der Waals surface area contributed by atoms with Crippen molar-refractivity contribution in [2.45, 2.75) is 32.0 Å². The normalized spacial score (nSPS) is 16.9. The van der Waals surface area contributed by atoms with E-state index < -0.39 is 6.61 Å². The number of ether oxygens (including phenoxy) is 2. The van der Waals surface area contributed by atoms with Gasteiger partial charge in [0.15, 0.2) is 11.5 Å². The number of piperidine rings is 1. The van der Waals surface area contributed by atoms with Crippen LogP contribution < -0.4 is 15.4 Å². The molecule has 2 saturated heterocycles. The summed E-state index contributed by atoms with van der Waals surface area (Å²) in [7, 11) is 0. The lowest BCUT2D eigenvalue weighted by atomic mass is 9.89. The summed E-state index contributed by atoms with van der Waals surface area (Å²) in [4.78, 5) is 24.2. The lowest BCUT2D eigenvalue weighted by Crippen LogP contribution is -2.56. The zero-order valence-electron chi connectivity index (χ0n) is 22.1. The molecule has 2 aliphatic rings. The number of morpholine rings is 1. The number of nitrogens with zero attached hydrogens (tertiary/aromatic N) is 4. The molecule has 2 aromatic carbocycles. The quantitative estimate of drug-likeness (QED) is 0.363. The van der Waals surface area contributed by atoms with Crippen LogP contribution in [0.25, 0.3) is 16.9 Å². The maximum Gasteiger partial charge on any atom is 0.387 e. The van der Waals surface area contributed by atoms with Crippen LogP contribution in [0.3, 0.4) is 0 Å². The van der Waals surface area contributed by atoms with E-state index in [9.17, 15) is 13.6 Å². The van der Waals surface area contributed by atoms with Crippen LogP contribution in [-0.4, -0.2) is 70.2 Å². The van der Waals surface area contributed by atoms with Crippen molar-refractivity contribution >= 4 is 23.1 Å². The molecule has 2 fully saturated rings. The fraction of sp³-hybridized carbons (Fsp3) is 0.345. The lowest BCUT2D eigenvalue weighted by molar-refractivity contribution is -0.0954. The van der Waals surface area contributed by atoms with Gasteiger partial charge < -0.3 is 25.0 Å². The average molecular weight is 549 g/mol. The van der Waals surface area contributed by atoms with E-state index in [1.807, 2.05) is 34.4 Å². The van der Waals surface area contributed by atoms with Gasteiger partial charge in [-0.05, 0) is 67.8 Å². The van der Waals surface area contributed by atoms with Gasteiger partial charge in [0.1, 0.15) is 5.75 Å². The van der Waals surface area contributed by atoms with Crippen LogP contribution in [0.5, 0.6) is 5.75 Å². The zero-order valence-corrected chi connectivity index (χ0v) is 22.1. The molecule has 11 heteroatoms. The van der Waals surface area contributed by atoms with Crippen molar-refractivity contribution in [1.29, 1.82) is 0 Å². The van der Waals surface area contributed by atoms with E-state index in [2.05, 4.69) is 25.3 Å². The topological polar surface area (TPSA) is 93.0 Å². The number of fused-ring (bicyclic) bond motifs is 1. The number of carbonyl (C=O) groups excluding carboxylic acids is 1. The summed E-state index contributed by atoms with van der Waals surface area (Å²) in [5, 5.41) is 6.73. The standard InChI is InChI=1S/C29H30F2N6O3/c1-19-16-21(4-7-23(19)27(38)36-12-8-29(9-13-36)18-32-11-15-39-29)35-25-26-34-17-24(37(26)14-10-33-25)20-2-5-22(6-3-20)40-28(30)31/h2-7,10,14,16-17,28,32H,8-9,11-13,15,18H2,1H3,(H,33,35). The molecule has 2 N–H and O–H groups in total. The highest BCUT2D eigenvalue weighted by Gasteiger charge is 2.38. The molecule has 2 aliphatic heterocycles. The van der Waals surface area contributed by atoms with Gasteiger partial charge in [-0.25, -0.2) is 9.97 Å². The minimum Gasteiger partial charge on any atom is -0.435 e. The van der Waals surface area contributed by atoms with E-state index in [1.54, 1.807) is 30.7 Å². The molecule has 0 bridgehead atoms. The second-order valence-corrected chi connectivity index (χ2v) is 10.2. The van der Waals surface area contributed by atoms with Crippen LogP contribution >= 0.6 is 0 Å². The number of nitrogens with one attached hydrogen (secondary N) is 2. The monoisotopic (exact) mass is 548 g/mol. The van der Waals surface area contributed by atoms with E-state index in [0.717, 1.165) is 55.0 Å². The largest absolute Gasteiger partial charge is 0.435 e. The van der Waals surface area contributed by atoms with Gasteiger partial charge in [-0.15, -0.1) is 0 Å². The molecule has 0 atom stereocenters. The summed E-state index contributed by atoms with van der Waals surface area (Å²) in [6, 6.07) is 12.1. The molecule has 0 aliphatic carbocycles. The van der Waals surface area contributed by atoms with Crippen LogP contribution in [0.1, 0.15) is 28.8 Å². The molecule has 1 spiro atoms. The molecule has 4 aromatic rings. The van der Waals surface area contributed by atoms with E-state index in [4.69, 9.17) is 4.74 Å². The summed E-state index contributed by atoms with van der Waals surface area (Å²) in [6.45, 7) is 2.85. The third kappa shape index (κ3) is 5.22. The Morgan fingerprint density at radius 1 is 1.15 bits per heavy atom. The number of hydrogen-bond donors (Lipinski definition) is 2. The summed E-state index contributed by atoms with van der Waals surface area (Å²) >= 11 is 0. The Morgan fingerprint density at radius 2 is 1.95 bits per heavy atom. The number of alkyl halides is 2. The molecule has 40 heavy (non-hydrogen) atoms. The van der Waals surface area contributed by atoms with Gasteiger partial charge in [-0.2, -0.15) is 8.78 Å². The lowest BCUT2D eigenvalue weighted by Gasteiger charge is -2.44. The van der Waals surface area contributed by atoms with E-state index in [0.29, 0.717) is 30.1 Å². The van der Waals surface area contributed by atoms with Gasteiger partial charge in [0, 0.05) is 55.4 Å². The first kappa shape index (κ1) is 26.1. The molecule has 6 rings (SSSR count). The third-order valence-electron chi connectivity index (χ3n) is 7.62. The van der Waals surface area contributed by atoms with Gasteiger partial charge in [0.05, 0.1) is 24.1 Å². The van der Waals surface area contributed by atoms with Crippen molar-refractivity contribution in [3.63, 3.8) is 0 Å². The molecular weight excluding hydrogens is 518 g/mol. The van der Waals surface area contributed by atoms with Crippen molar-refractivity contribution in [1.82, 2.24) is 24.6 Å². The molecule has 0 unspecified atom stereocenters. The Labute approximate surface area is 230 Å². The van der Waals surface area contributed by atoms with E-state index >= 15 is 0 Å². The van der Waals surface area contributed by atoms with Crippen LogP contribution in [0, 0.1) is 6.92 Å². The van der Waals surface area contributed by atoms with Gasteiger partial charge in [0.25, 0.3) is 5.91 Å². The van der Waals surface area contributed by atoms with E-state index in [1.165, 1.54) is 12.1 Å². The number of hydrogen-bond acceptors (Lipinski definition) is 7. The molecule has 0 radical (unpaired) electrons. The van der Waals surface area contributed by atoms with Gasteiger partial charge in [-0.3, -0.25) is 9.20 Å². The average Bonchev–Trinajstić information content (AvgIpc) is 3.39. The number of rotatable bonds is 6. The fourth-order valence-electron chi connectivity index (χ4n) is 5.46. The second-order valence-electron chi connectivity index (χ2n) is 10.2. The highest BCUT2D eigenvalue weighted by atomic mass is 19.3. The van der Waals surface area contributed by atoms with Crippen molar-refractivity contribution in [2.75, 3.05) is 38.1 Å². The first-order chi connectivity index (χ1) is 19.4. The predicted octanol–water partition coefficient (Wildman–Crippen LogP) is 4.64. The Bertz CT molecular complexity index is 1510. The van der Waals surface area contributed by atoms with Gasteiger partial charge >= 0.3 is 6.61 Å². The Kier molecular flexibility index (Phi) is 7.07. The maximum absolute atomic E-state index is 13.3. The summed E-state index contributed by atoms with van der Waals surface area (Å²) < 4.78 is 37.3. The number of anilines is 2. The number of amides is 1. The summed E-state index contributed by atoms with van der Waals surface area (Å²) in [5.74, 6) is 0.673. The number of halogens is 2. The number of carbonyl (C=O) groups is 1. The maximum atomic E-state index is 13.3. The van der Waals surface area contributed by atoms with Crippen molar-refractivity contribution in [2.24, 2.45) is 0 Å². The predicted molar refractivity (Wildman–Crippen MR) is 146 cm³/mol. The summed E-state index contributed by atoms with van der Waals surface area (Å²) in [6.07, 6.45) is 6.82. The molecule has 208 valence electrons. The summed E-state index contributed by atoms with van der Waals surface area (Å²) in [5.41, 5.74) is 4.35. The number of aryl methyl sites for hydroxylation is 1. The Hall–Kier alpha value is -4.09. The van der Waals surface area contributed by atoms with Crippen molar-refractivity contribution in [3.05, 3.63) is 72.2 Å². The number of benzene rings is 2. The number of imidazole rings is 1. The van der Waals surface area contributed by atoms with E-state index in [-0.39, 0.29) is 17.3 Å². The number of likely N-dealkylation sites (tertiary alicyclic amines) is 1. The molecule has 2 aromatic heterocycles. The van der Waals surface area contributed by atoms with Gasteiger partial charge in [0.2, 0.25) is 0 Å². The Balaban J connectivity index is 1.16. The molecule has 4 heterocycles. The van der Waals surface area contributed by atoms with Crippen molar-refractivity contribution < 1.29 is 23.0 Å². The minimum absolute atomic E-state index is 0.0331. The zero-order chi connectivity index (χ0) is 27.7. The number of aromatic nitrogens is 3. The first-order valence-corrected chi connectivity index (χ1v) is 13.3. The molecular formula is C29H30F2N6O3. The second kappa shape index (κ2) is 10.8. The van der Waals surface area contributed by atoms with Gasteiger partial charge in [-0.1, -0.05) is 0 Å². The van der Waals surface area contributed by atoms with Crippen LogP contribution in [-0.2, 0) is 4.74 Å². The highest BCUT2D eigenvalue weighted by molar-refractivity contribution is 5.96. The molecule has 9 nitrogen and oxygen atoms in total. The SMILES string of the molecule is Cc1cc(Nc2nccn3c(-c4ccc(OC(F)F)cc4)cnc23)ccc1C(=O)N1CCC2(CC1)CNCCO2.